The number of hydrogen-bond acceptors (Lipinski definition) is 6. The number of aromatic nitrogens is 2. The van der Waals surface area contributed by atoms with Gasteiger partial charge in [-0.1, -0.05) is 25.1 Å². The van der Waals surface area contributed by atoms with Crippen LogP contribution in [0.5, 0.6) is 17.2 Å². The van der Waals surface area contributed by atoms with E-state index in [0.29, 0.717) is 23.7 Å². The highest BCUT2D eigenvalue weighted by atomic mass is 16.5. The summed E-state index contributed by atoms with van der Waals surface area (Å²) < 4.78 is 18.0. The Bertz CT molecular complexity index is 1330. The van der Waals surface area contributed by atoms with E-state index in [-0.39, 0.29) is 5.91 Å². The van der Waals surface area contributed by atoms with Crippen LogP contribution in [0.4, 0.5) is 0 Å². The molecule has 1 N–H and O–H groups in total. The molecule has 0 aliphatic heterocycles. The Hall–Kier alpha value is -4.59. The zero-order valence-corrected chi connectivity index (χ0v) is 20.5. The molecule has 8 heteroatoms. The van der Waals surface area contributed by atoms with Crippen molar-refractivity contribution in [2.45, 2.75) is 13.3 Å². The highest BCUT2D eigenvalue weighted by Crippen LogP contribution is 2.28. The lowest BCUT2D eigenvalue weighted by atomic mass is 10.1. The fourth-order valence-electron chi connectivity index (χ4n) is 3.55. The van der Waals surface area contributed by atoms with Crippen LogP contribution in [0.1, 0.15) is 29.3 Å². The predicted octanol–water partition coefficient (Wildman–Crippen LogP) is 5.11. The molecule has 0 bridgehead atoms. The monoisotopic (exact) mass is 484 g/mol. The van der Waals surface area contributed by atoms with Crippen LogP contribution < -0.4 is 19.6 Å². The van der Waals surface area contributed by atoms with Crippen LogP contribution in [-0.4, -0.2) is 42.7 Å². The van der Waals surface area contributed by atoms with Crippen molar-refractivity contribution in [3.8, 4) is 34.2 Å². The topological polar surface area (TPSA) is 87.0 Å². The second-order valence-corrected chi connectivity index (χ2v) is 7.85. The van der Waals surface area contributed by atoms with Gasteiger partial charge in [-0.25, -0.2) is 10.1 Å². The standard InChI is InChI=1S/C28H28N4O4/c1-4-16-36-24-13-10-20(11-14-24)27-22(19-32(31-27)23-8-6-5-7-9-23)18-29-30-28(33)21-12-15-25(34-2)26(17-21)35-3/h5-15,17-19H,4,16H2,1-3H3,(H,30,33)/b29-18-. The average Bonchev–Trinajstić information content (AvgIpc) is 3.36. The summed E-state index contributed by atoms with van der Waals surface area (Å²) in [5.41, 5.74) is 6.26. The van der Waals surface area contributed by atoms with Crippen LogP contribution in [0.25, 0.3) is 16.9 Å². The summed E-state index contributed by atoms with van der Waals surface area (Å²) in [5.74, 6) is 1.44. The van der Waals surface area contributed by atoms with E-state index in [9.17, 15) is 4.79 Å². The van der Waals surface area contributed by atoms with Crippen molar-refractivity contribution in [3.63, 3.8) is 0 Å². The van der Waals surface area contributed by atoms with Crippen LogP contribution in [0.2, 0.25) is 0 Å². The Morgan fingerprint density at radius 3 is 2.44 bits per heavy atom. The summed E-state index contributed by atoms with van der Waals surface area (Å²) in [7, 11) is 3.06. The van der Waals surface area contributed by atoms with Crippen LogP contribution in [0.15, 0.2) is 84.1 Å². The highest BCUT2D eigenvalue weighted by Gasteiger charge is 2.13. The molecule has 0 atom stereocenters. The maximum absolute atomic E-state index is 12.7. The van der Waals surface area contributed by atoms with Gasteiger partial charge in [0, 0.05) is 22.9 Å². The maximum Gasteiger partial charge on any atom is 0.271 e. The minimum absolute atomic E-state index is 0.373. The smallest absolute Gasteiger partial charge is 0.271 e. The number of rotatable bonds is 10. The molecule has 3 aromatic carbocycles. The number of para-hydroxylation sites is 1. The number of nitrogens with zero attached hydrogens (tertiary/aromatic N) is 3. The SMILES string of the molecule is CCCOc1ccc(-c2nn(-c3ccccc3)cc2/C=N\NC(=O)c2ccc(OC)c(OC)c2)cc1. The lowest BCUT2D eigenvalue weighted by molar-refractivity contribution is 0.0954. The zero-order valence-electron chi connectivity index (χ0n) is 20.5. The molecule has 8 nitrogen and oxygen atoms in total. The third-order valence-corrected chi connectivity index (χ3v) is 5.38. The molecular weight excluding hydrogens is 456 g/mol. The molecule has 1 heterocycles. The number of hydrazone groups is 1. The number of methoxy groups -OCH3 is 2. The van der Waals surface area contributed by atoms with E-state index >= 15 is 0 Å². The van der Waals surface area contributed by atoms with Crippen LogP contribution >= 0.6 is 0 Å². The Kier molecular flexibility index (Phi) is 7.97. The van der Waals surface area contributed by atoms with E-state index < -0.39 is 0 Å². The van der Waals surface area contributed by atoms with Gasteiger partial charge in [0.05, 0.1) is 32.7 Å². The molecule has 184 valence electrons. The molecule has 1 amide bonds. The molecule has 0 aliphatic carbocycles. The number of carbonyl (C=O) groups excluding carboxylic acids is 1. The fourth-order valence-corrected chi connectivity index (χ4v) is 3.55. The van der Waals surface area contributed by atoms with E-state index in [2.05, 4.69) is 17.5 Å². The second-order valence-electron chi connectivity index (χ2n) is 7.85. The van der Waals surface area contributed by atoms with E-state index in [0.717, 1.165) is 34.7 Å². The van der Waals surface area contributed by atoms with E-state index in [4.69, 9.17) is 19.3 Å². The number of nitrogens with one attached hydrogen (secondary N) is 1. The number of amides is 1. The van der Waals surface area contributed by atoms with Gasteiger partial charge in [0.2, 0.25) is 0 Å². The van der Waals surface area contributed by atoms with Crippen molar-refractivity contribution in [2.24, 2.45) is 5.10 Å². The Labute approximate surface area is 210 Å². The van der Waals surface area contributed by atoms with Gasteiger partial charge in [-0.3, -0.25) is 4.79 Å². The molecular formula is C28H28N4O4. The first-order valence-electron chi connectivity index (χ1n) is 11.6. The van der Waals surface area contributed by atoms with Gasteiger partial charge in [0.1, 0.15) is 11.4 Å². The van der Waals surface area contributed by atoms with Crippen molar-refractivity contribution in [2.75, 3.05) is 20.8 Å². The van der Waals surface area contributed by atoms with E-state index in [1.54, 1.807) is 36.2 Å². The molecule has 4 rings (SSSR count). The summed E-state index contributed by atoms with van der Waals surface area (Å²) in [6.45, 7) is 2.74. The molecule has 4 aromatic rings. The normalized spacial score (nSPS) is 10.9. The third-order valence-electron chi connectivity index (χ3n) is 5.38. The van der Waals surface area contributed by atoms with Crippen LogP contribution in [0.3, 0.4) is 0 Å². The van der Waals surface area contributed by atoms with Crippen molar-refractivity contribution < 1.29 is 19.0 Å². The maximum atomic E-state index is 12.7. The van der Waals surface area contributed by atoms with Crippen molar-refractivity contribution in [1.29, 1.82) is 0 Å². The summed E-state index contributed by atoms with van der Waals surface area (Å²) >= 11 is 0. The molecule has 0 unspecified atom stereocenters. The van der Waals surface area contributed by atoms with Gasteiger partial charge in [-0.15, -0.1) is 0 Å². The second kappa shape index (κ2) is 11.7. The number of benzene rings is 3. The molecule has 0 saturated carbocycles. The third kappa shape index (κ3) is 5.72. The predicted molar refractivity (Wildman–Crippen MR) is 139 cm³/mol. The molecule has 1 aromatic heterocycles. The lowest BCUT2D eigenvalue weighted by Gasteiger charge is -2.08. The van der Waals surface area contributed by atoms with Crippen molar-refractivity contribution in [3.05, 3.63) is 90.1 Å². The van der Waals surface area contributed by atoms with Gasteiger partial charge >= 0.3 is 0 Å². The summed E-state index contributed by atoms with van der Waals surface area (Å²) in [6, 6.07) is 22.5. The number of hydrogen-bond donors (Lipinski definition) is 1. The van der Waals surface area contributed by atoms with E-state index in [1.807, 2.05) is 60.8 Å². The quantitative estimate of drug-likeness (QED) is 0.250. The van der Waals surface area contributed by atoms with Gasteiger partial charge in [-0.05, 0) is 61.0 Å². The van der Waals surface area contributed by atoms with Crippen LogP contribution in [-0.2, 0) is 0 Å². The average molecular weight is 485 g/mol. The molecule has 36 heavy (non-hydrogen) atoms. The first-order valence-corrected chi connectivity index (χ1v) is 11.6. The first kappa shape index (κ1) is 24.5. The molecule has 0 spiro atoms. The zero-order chi connectivity index (χ0) is 25.3. The van der Waals surface area contributed by atoms with Gasteiger partial charge < -0.3 is 14.2 Å². The lowest BCUT2D eigenvalue weighted by Crippen LogP contribution is -2.17. The minimum Gasteiger partial charge on any atom is -0.494 e. The minimum atomic E-state index is -0.373. The summed E-state index contributed by atoms with van der Waals surface area (Å²) in [6.07, 6.45) is 4.40. The molecule has 0 radical (unpaired) electrons. The summed E-state index contributed by atoms with van der Waals surface area (Å²) in [5, 5.41) is 8.97. The Morgan fingerprint density at radius 2 is 1.75 bits per heavy atom. The Balaban J connectivity index is 1.59. The highest BCUT2D eigenvalue weighted by molar-refractivity contribution is 5.96. The first-order chi connectivity index (χ1) is 17.6. The molecule has 0 saturated heterocycles. The van der Waals surface area contributed by atoms with Crippen molar-refractivity contribution >= 4 is 12.1 Å². The van der Waals surface area contributed by atoms with Crippen LogP contribution in [0, 0.1) is 0 Å². The number of ether oxygens (including phenoxy) is 3. The Morgan fingerprint density at radius 1 is 1.00 bits per heavy atom. The molecule has 0 fully saturated rings. The number of carbonyl (C=O) groups is 1. The summed E-state index contributed by atoms with van der Waals surface area (Å²) in [4.78, 5) is 12.7. The fraction of sp³-hybridized carbons (Fsp3) is 0.179. The van der Waals surface area contributed by atoms with Gasteiger partial charge in [0.25, 0.3) is 5.91 Å². The van der Waals surface area contributed by atoms with Gasteiger partial charge in [0.15, 0.2) is 11.5 Å². The largest absolute Gasteiger partial charge is 0.494 e. The van der Waals surface area contributed by atoms with Crippen molar-refractivity contribution in [1.82, 2.24) is 15.2 Å². The van der Waals surface area contributed by atoms with Gasteiger partial charge in [-0.2, -0.15) is 10.2 Å². The van der Waals surface area contributed by atoms with E-state index in [1.165, 1.54) is 7.11 Å². The molecule has 0 aliphatic rings.